The average Bonchev–Trinajstić information content (AvgIpc) is 2.46. The molecule has 0 aliphatic carbocycles. The number of nitrogens with one attached hydrogen (secondary N) is 1. The van der Waals surface area contributed by atoms with Gasteiger partial charge in [0.15, 0.2) is 0 Å². The lowest BCUT2D eigenvalue weighted by Gasteiger charge is -2.11. The van der Waals surface area contributed by atoms with E-state index in [-0.39, 0.29) is 17.2 Å². The second-order valence-corrected chi connectivity index (χ2v) is 3.79. The maximum absolute atomic E-state index is 13.9. The molecule has 2 aromatic rings. The minimum atomic E-state index is -0.447. The van der Waals surface area contributed by atoms with E-state index in [0.717, 1.165) is 0 Å². The van der Waals surface area contributed by atoms with Crippen LogP contribution in [-0.4, -0.2) is 17.9 Å². The lowest BCUT2D eigenvalue weighted by molar-refractivity contribution is 0.0963. The number of carbonyl (C=O) groups is 1. The fourth-order valence-corrected chi connectivity index (χ4v) is 1.83. The Kier molecular flexibility index (Phi) is 3.58. The third-order valence-electron chi connectivity index (χ3n) is 2.70. The van der Waals surface area contributed by atoms with Crippen molar-refractivity contribution in [1.82, 2.24) is 10.3 Å². The van der Waals surface area contributed by atoms with Crippen molar-refractivity contribution in [1.29, 1.82) is 0 Å². The Morgan fingerprint density at radius 3 is 2.74 bits per heavy atom. The highest BCUT2D eigenvalue weighted by Crippen LogP contribution is 2.28. The van der Waals surface area contributed by atoms with Gasteiger partial charge in [-0.1, -0.05) is 18.2 Å². The summed E-state index contributed by atoms with van der Waals surface area (Å²) in [4.78, 5) is 15.9. The standard InChI is InChI=1S/C15H11FN2O/c1-3-13-14(10-6-4-5-7-12(10)16)11(8-9-18-13)15(19)17-2/h1,4-9H,2H3,(H,17,19). The topological polar surface area (TPSA) is 42.0 Å². The number of hydrogen-bond donors (Lipinski definition) is 1. The summed E-state index contributed by atoms with van der Waals surface area (Å²) in [5.74, 6) is 1.60. The maximum Gasteiger partial charge on any atom is 0.251 e. The quantitative estimate of drug-likeness (QED) is 0.835. The summed E-state index contributed by atoms with van der Waals surface area (Å²) in [6, 6.07) is 7.65. The van der Waals surface area contributed by atoms with Crippen LogP contribution in [0.1, 0.15) is 16.1 Å². The number of benzene rings is 1. The van der Waals surface area contributed by atoms with Crippen molar-refractivity contribution in [3.63, 3.8) is 0 Å². The summed E-state index contributed by atoms with van der Waals surface area (Å²) in [7, 11) is 1.50. The van der Waals surface area contributed by atoms with Crippen LogP contribution in [-0.2, 0) is 0 Å². The van der Waals surface area contributed by atoms with Crippen molar-refractivity contribution in [3.8, 4) is 23.5 Å². The molecule has 0 saturated carbocycles. The lowest BCUT2D eigenvalue weighted by atomic mass is 9.97. The SMILES string of the molecule is C#Cc1nccc(C(=O)NC)c1-c1ccccc1F. The Morgan fingerprint density at radius 2 is 2.11 bits per heavy atom. The Morgan fingerprint density at radius 1 is 1.37 bits per heavy atom. The highest BCUT2D eigenvalue weighted by Gasteiger charge is 2.18. The highest BCUT2D eigenvalue weighted by atomic mass is 19.1. The average molecular weight is 254 g/mol. The van der Waals surface area contributed by atoms with Gasteiger partial charge in [-0.2, -0.15) is 0 Å². The van der Waals surface area contributed by atoms with E-state index in [0.29, 0.717) is 11.1 Å². The molecule has 4 heteroatoms. The van der Waals surface area contributed by atoms with Crippen molar-refractivity contribution in [2.24, 2.45) is 0 Å². The number of nitrogens with zero attached hydrogens (tertiary/aromatic N) is 1. The first-order valence-electron chi connectivity index (χ1n) is 5.61. The molecule has 1 aromatic heterocycles. The molecule has 2 rings (SSSR count). The molecule has 3 nitrogen and oxygen atoms in total. The van der Waals surface area contributed by atoms with Gasteiger partial charge >= 0.3 is 0 Å². The van der Waals surface area contributed by atoms with E-state index >= 15 is 0 Å². The maximum atomic E-state index is 13.9. The van der Waals surface area contributed by atoms with Crippen LogP contribution in [0.15, 0.2) is 36.5 Å². The molecule has 0 bridgehead atoms. The number of pyridine rings is 1. The zero-order valence-corrected chi connectivity index (χ0v) is 10.3. The van der Waals surface area contributed by atoms with Crippen LogP contribution in [0, 0.1) is 18.2 Å². The van der Waals surface area contributed by atoms with E-state index < -0.39 is 5.82 Å². The zero-order chi connectivity index (χ0) is 13.8. The van der Waals surface area contributed by atoms with Gasteiger partial charge in [-0.25, -0.2) is 9.37 Å². The summed E-state index contributed by atoms with van der Waals surface area (Å²) in [6.07, 6.45) is 6.82. The molecular formula is C15H11FN2O. The lowest BCUT2D eigenvalue weighted by Crippen LogP contribution is -2.19. The number of hydrogen-bond acceptors (Lipinski definition) is 2. The Hall–Kier alpha value is -2.67. The summed E-state index contributed by atoms with van der Waals surface area (Å²) in [5.41, 5.74) is 1.14. The molecule has 0 aliphatic heterocycles. The van der Waals surface area contributed by atoms with Crippen molar-refractivity contribution < 1.29 is 9.18 Å². The third kappa shape index (κ3) is 2.31. The van der Waals surface area contributed by atoms with E-state index in [9.17, 15) is 9.18 Å². The van der Waals surface area contributed by atoms with Crippen molar-refractivity contribution in [2.75, 3.05) is 7.05 Å². The fraction of sp³-hybridized carbons (Fsp3) is 0.0667. The van der Waals surface area contributed by atoms with Crippen LogP contribution in [0.4, 0.5) is 4.39 Å². The van der Waals surface area contributed by atoms with E-state index in [4.69, 9.17) is 6.42 Å². The van der Waals surface area contributed by atoms with E-state index in [2.05, 4.69) is 16.2 Å². The van der Waals surface area contributed by atoms with Gasteiger partial charge in [0, 0.05) is 24.4 Å². The fourth-order valence-electron chi connectivity index (χ4n) is 1.83. The molecule has 1 amide bonds. The van der Waals surface area contributed by atoms with Crippen LogP contribution >= 0.6 is 0 Å². The van der Waals surface area contributed by atoms with Gasteiger partial charge in [0.1, 0.15) is 11.5 Å². The number of amides is 1. The molecule has 0 radical (unpaired) electrons. The molecule has 0 saturated heterocycles. The van der Waals surface area contributed by atoms with Gasteiger partial charge in [-0.15, -0.1) is 6.42 Å². The van der Waals surface area contributed by atoms with E-state index in [1.54, 1.807) is 18.2 Å². The van der Waals surface area contributed by atoms with Gasteiger partial charge in [0.05, 0.1) is 5.56 Å². The second-order valence-electron chi connectivity index (χ2n) is 3.79. The van der Waals surface area contributed by atoms with Crippen LogP contribution in [0.3, 0.4) is 0 Å². The summed E-state index contributed by atoms with van der Waals surface area (Å²) in [6.45, 7) is 0. The smallest absolute Gasteiger partial charge is 0.251 e. The van der Waals surface area contributed by atoms with Crippen LogP contribution in [0.5, 0.6) is 0 Å². The first-order valence-corrected chi connectivity index (χ1v) is 5.61. The molecule has 19 heavy (non-hydrogen) atoms. The predicted octanol–water partition coefficient (Wildman–Crippen LogP) is 2.23. The van der Waals surface area contributed by atoms with E-state index in [1.165, 1.54) is 25.4 Å². The monoisotopic (exact) mass is 254 g/mol. The summed E-state index contributed by atoms with van der Waals surface area (Å²) >= 11 is 0. The first-order chi connectivity index (χ1) is 9.19. The first kappa shape index (κ1) is 12.8. The van der Waals surface area contributed by atoms with Gasteiger partial charge in [-0.05, 0) is 18.1 Å². The Labute approximate surface area is 110 Å². The molecule has 1 heterocycles. The molecule has 1 aromatic carbocycles. The van der Waals surface area contributed by atoms with Crippen molar-refractivity contribution >= 4 is 5.91 Å². The number of aromatic nitrogens is 1. The summed E-state index contributed by atoms with van der Waals surface area (Å²) < 4.78 is 13.9. The molecule has 0 spiro atoms. The summed E-state index contributed by atoms with van der Waals surface area (Å²) in [5, 5.41) is 2.50. The molecule has 0 aliphatic rings. The largest absolute Gasteiger partial charge is 0.355 e. The van der Waals surface area contributed by atoms with Gasteiger partial charge in [0.2, 0.25) is 0 Å². The molecule has 0 fully saturated rings. The van der Waals surface area contributed by atoms with Gasteiger partial charge < -0.3 is 5.32 Å². The number of carbonyl (C=O) groups excluding carboxylic acids is 1. The van der Waals surface area contributed by atoms with Crippen molar-refractivity contribution in [3.05, 3.63) is 53.6 Å². The van der Waals surface area contributed by atoms with Crippen molar-refractivity contribution in [2.45, 2.75) is 0 Å². The molecule has 0 unspecified atom stereocenters. The predicted molar refractivity (Wildman–Crippen MR) is 71.0 cm³/mol. The molecule has 0 atom stereocenters. The Bertz CT molecular complexity index is 674. The van der Waals surface area contributed by atoms with Crippen LogP contribution in [0.25, 0.3) is 11.1 Å². The highest BCUT2D eigenvalue weighted by molar-refractivity contribution is 6.01. The zero-order valence-electron chi connectivity index (χ0n) is 10.3. The molecule has 1 N–H and O–H groups in total. The van der Waals surface area contributed by atoms with Crippen LogP contribution in [0.2, 0.25) is 0 Å². The van der Waals surface area contributed by atoms with E-state index in [1.807, 2.05) is 0 Å². The second kappa shape index (κ2) is 5.32. The number of terminal acetylenes is 1. The van der Waals surface area contributed by atoms with Gasteiger partial charge in [-0.3, -0.25) is 4.79 Å². The normalized spacial score (nSPS) is 9.74. The minimum Gasteiger partial charge on any atom is -0.355 e. The number of rotatable bonds is 2. The third-order valence-corrected chi connectivity index (χ3v) is 2.70. The number of halogens is 1. The van der Waals surface area contributed by atoms with Crippen LogP contribution < -0.4 is 5.32 Å². The minimum absolute atomic E-state index is 0.242. The molecule has 94 valence electrons. The van der Waals surface area contributed by atoms with Gasteiger partial charge in [0.25, 0.3) is 5.91 Å². The molecular weight excluding hydrogens is 243 g/mol. The Balaban J connectivity index is 2.78.